The van der Waals surface area contributed by atoms with E-state index in [1.807, 2.05) is 0 Å². The summed E-state index contributed by atoms with van der Waals surface area (Å²) in [5.41, 5.74) is -0.318. The lowest BCUT2D eigenvalue weighted by Crippen LogP contribution is -2.50. The molecule has 0 bridgehead atoms. The third-order valence-electron chi connectivity index (χ3n) is 3.82. The summed E-state index contributed by atoms with van der Waals surface area (Å²) in [5, 5.41) is 11.2. The lowest BCUT2D eigenvalue weighted by molar-refractivity contribution is -0.305. The lowest BCUT2D eigenvalue weighted by atomic mass is 10.0. The number of rotatable bonds is 7. The summed E-state index contributed by atoms with van der Waals surface area (Å²) >= 11 is 5.83. The number of ether oxygens (including phenoxy) is 1. The van der Waals surface area contributed by atoms with Crippen molar-refractivity contribution in [3.63, 3.8) is 0 Å². The molecule has 0 radical (unpaired) electrons. The maximum absolute atomic E-state index is 12.4. The van der Waals surface area contributed by atoms with Gasteiger partial charge in [-0.25, -0.2) is 0 Å². The Morgan fingerprint density at radius 3 is 1.96 bits per heavy atom. The molecule has 142 valence electrons. The average molecular weight is 389 g/mol. The summed E-state index contributed by atoms with van der Waals surface area (Å²) < 4.78 is 5.69. The highest BCUT2D eigenvalue weighted by molar-refractivity contribution is 6.30. The Hall–Kier alpha value is -2.86. The van der Waals surface area contributed by atoms with Gasteiger partial charge < -0.3 is 19.5 Å². The number of aliphatic carboxylic acids is 1. The number of carbonyl (C=O) groups is 3. The van der Waals surface area contributed by atoms with Gasteiger partial charge in [-0.3, -0.25) is 9.59 Å². The lowest BCUT2D eigenvalue weighted by Gasteiger charge is -2.30. The molecule has 0 aliphatic rings. The normalized spacial score (nSPS) is 11.0. The Kier molecular flexibility index (Phi) is 6.23. The Bertz CT molecular complexity index is 844. The minimum Gasteiger partial charge on any atom is -0.548 e. The molecular formula is C20H19ClNO5-. The van der Waals surface area contributed by atoms with Crippen LogP contribution in [-0.2, 0) is 9.59 Å². The first-order valence-corrected chi connectivity index (χ1v) is 8.53. The second-order valence-electron chi connectivity index (χ2n) is 6.51. The van der Waals surface area contributed by atoms with Crippen molar-refractivity contribution in [2.45, 2.75) is 19.4 Å². The Balaban J connectivity index is 2.10. The average Bonchev–Trinajstić information content (AvgIpc) is 2.61. The van der Waals surface area contributed by atoms with E-state index >= 15 is 0 Å². The van der Waals surface area contributed by atoms with Gasteiger partial charge in [0.1, 0.15) is 5.75 Å². The Morgan fingerprint density at radius 2 is 1.48 bits per heavy atom. The van der Waals surface area contributed by atoms with Crippen molar-refractivity contribution in [3.05, 3.63) is 64.7 Å². The molecule has 0 saturated heterocycles. The van der Waals surface area contributed by atoms with Crippen LogP contribution in [0.2, 0.25) is 5.02 Å². The number of carbonyl (C=O) groups excluding carboxylic acids is 3. The predicted molar refractivity (Wildman–Crippen MR) is 98.7 cm³/mol. The summed E-state index contributed by atoms with van der Waals surface area (Å²) in [6, 6.07) is 12.9. The number of nitrogens with zero attached hydrogens (tertiary/aromatic N) is 1. The summed E-state index contributed by atoms with van der Waals surface area (Å²) in [6.45, 7) is 2.54. The van der Waals surface area contributed by atoms with Gasteiger partial charge in [-0.1, -0.05) is 11.6 Å². The first-order valence-electron chi connectivity index (χ1n) is 8.15. The van der Waals surface area contributed by atoms with E-state index < -0.39 is 24.0 Å². The highest BCUT2D eigenvalue weighted by Crippen LogP contribution is 2.22. The number of amides is 1. The van der Waals surface area contributed by atoms with Crippen LogP contribution < -0.4 is 9.84 Å². The van der Waals surface area contributed by atoms with E-state index in [0.717, 1.165) is 4.90 Å². The van der Waals surface area contributed by atoms with Crippen molar-refractivity contribution in [2.24, 2.45) is 0 Å². The van der Waals surface area contributed by atoms with Crippen molar-refractivity contribution in [3.8, 4) is 5.75 Å². The zero-order valence-corrected chi connectivity index (χ0v) is 15.9. The molecule has 0 N–H and O–H groups in total. The van der Waals surface area contributed by atoms with Gasteiger partial charge in [0.05, 0.1) is 12.5 Å². The Labute approximate surface area is 162 Å². The number of hydrogen-bond donors (Lipinski definition) is 0. The van der Waals surface area contributed by atoms with Gasteiger partial charge in [-0.15, -0.1) is 0 Å². The van der Waals surface area contributed by atoms with E-state index in [4.69, 9.17) is 16.3 Å². The van der Waals surface area contributed by atoms with Crippen molar-refractivity contribution in [1.82, 2.24) is 4.90 Å². The highest BCUT2D eigenvalue weighted by Gasteiger charge is 2.32. The second kappa shape index (κ2) is 8.22. The fourth-order valence-electron chi connectivity index (χ4n) is 2.51. The molecule has 0 heterocycles. The number of hydrogen-bond acceptors (Lipinski definition) is 5. The number of likely N-dealkylation sites (N-methyl/N-ethyl adjacent to an activating group) is 1. The van der Waals surface area contributed by atoms with E-state index in [1.54, 1.807) is 48.5 Å². The van der Waals surface area contributed by atoms with Crippen molar-refractivity contribution >= 4 is 29.3 Å². The molecule has 27 heavy (non-hydrogen) atoms. The van der Waals surface area contributed by atoms with E-state index in [2.05, 4.69) is 0 Å². The molecular weight excluding hydrogens is 370 g/mol. The summed E-state index contributed by atoms with van der Waals surface area (Å²) in [4.78, 5) is 36.5. The van der Waals surface area contributed by atoms with Crippen molar-refractivity contribution in [2.75, 3.05) is 13.6 Å². The standard InChI is InChI=1S/C20H20ClNO5/c1-20(2,19(26)22(3)12-17(23)24)27-16-10-6-14(7-11-16)18(25)13-4-8-15(21)9-5-13/h4-11H,12H2,1-3H3,(H,23,24)/p-1. The SMILES string of the molecule is CN(CC(=O)[O-])C(=O)C(C)(C)Oc1ccc(C(=O)c2ccc(Cl)cc2)cc1. The molecule has 0 aliphatic heterocycles. The maximum atomic E-state index is 12.4. The first kappa shape index (κ1) is 20.5. The monoisotopic (exact) mass is 388 g/mol. The number of ketones is 1. The van der Waals surface area contributed by atoms with E-state index in [9.17, 15) is 19.5 Å². The van der Waals surface area contributed by atoms with Crippen LogP contribution in [0, 0.1) is 0 Å². The number of carboxylic acids is 1. The fourth-order valence-corrected chi connectivity index (χ4v) is 2.63. The van der Waals surface area contributed by atoms with Gasteiger partial charge >= 0.3 is 0 Å². The van der Waals surface area contributed by atoms with Crippen LogP contribution in [0.5, 0.6) is 5.75 Å². The Morgan fingerprint density at radius 1 is 1.00 bits per heavy atom. The molecule has 0 spiro atoms. The molecule has 6 nitrogen and oxygen atoms in total. The molecule has 0 fully saturated rings. The van der Waals surface area contributed by atoms with E-state index in [-0.39, 0.29) is 5.78 Å². The van der Waals surface area contributed by atoms with Crippen molar-refractivity contribution < 1.29 is 24.2 Å². The van der Waals surface area contributed by atoms with Gasteiger partial charge in [0.2, 0.25) is 0 Å². The van der Waals surface area contributed by atoms with Crippen LogP contribution in [0.15, 0.2) is 48.5 Å². The zero-order chi connectivity index (χ0) is 20.2. The van der Waals surface area contributed by atoms with Crippen molar-refractivity contribution in [1.29, 1.82) is 0 Å². The molecule has 0 aromatic heterocycles. The minimum absolute atomic E-state index is 0.165. The predicted octanol–water partition coefficient (Wildman–Crippen LogP) is 1.94. The van der Waals surface area contributed by atoms with Crippen LogP contribution >= 0.6 is 11.6 Å². The fraction of sp³-hybridized carbons (Fsp3) is 0.250. The topological polar surface area (TPSA) is 86.7 Å². The molecule has 7 heteroatoms. The van der Waals surface area contributed by atoms with Gasteiger partial charge in [0, 0.05) is 23.2 Å². The molecule has 0 atom stereocenters. The first-order chi connectivity index (χ1) is 12.6. The maximum Gasteiger partial charge on any atom is 0.266 e. The molecule has 0 unspecified atom stereocenters. The quantitative estimate of drug-likeness (QED) is 0.676. The zero-order valence-electron chi connectivity index (χ0n) is 15.2. The number of carboxylic acid groups (broad SMARTS) is 1. The van der Waals surface area contributed by atoms with E-state index in [0.29, 0.717) is 21.9 Å². The molecule has 2 rings (SSSR count). The number of benzene rings is 2. The molecule has 1 amide bonds. The van der Waals surface area contributed by atoms with E-state index in [1.165, 1.54) is 20.9 Å². The largest absolute Gasteiger partial charge is 0.548 e. The molecule has 0 aliphatic carbocycles. The van der Waals surface area contributed by atoms with Crippen LogP contribution in [0.1, 0.15) is 29.8 Å². The van der Waals surface area contributed by atoms with Crippen LogP contribution in [0.3, 0.4) is 0 Å². The summed E-state index contributed by atoms with van der Waals surface area (Å²) in [5.74, 6) is -1.65. The third-order valence-corrected chi connectivity index (χ3v) is 4.08. The molecule has 0 saturated carbocycles. The summed E-state index contributed by atoms with van der Waals surface area (Å²) in [7, 11) is 1.36. The van der Waals surface area contributed by atoms with Crippen LogP contribution in [0.25, 0.3) is 0 Å². The number of halogens is 1. The van der Waals surface area contributed by atoms with Gasteiger partial charge in [-0.2, -0.15) is 0 Å². The minimum atomic E-state index is -1.35. The molecule has 2 aromatic rings. The van der Waals surface area contributed by atoms with Gasteiger partial charge in [-0.05, 0) is 62.4 Å². The van der Waals surface area contributed by atoms with Crippen LogP contribution in [-0.4, -0.2) is 41.8 Å². The second-order valence-corrected chi connectivity index (χ2v) is 6.94. The molecule has 2 aromatic carbocycles. The summed E-state index contributed by atoms with van der Waals surface area (Å²) in [6.07, 6.45) is 0. The smallest absolute Gasteiger partial charge is 0.266 e. The van der Waals surface area contributed by atoms with Gasteiger partial charge in [0.15, 0.2) is 11.4 Å². The van der Waals surface area contributed by atoms with Crippen LogP contribution in [0.4, 0.5) is 0 Å². The highest BCUT2D eigenvalue weighted by atomic mass is 35.5. The van der Waals surface area contributed by atoms with Gasteiger partial charge in [0.25, 0.3) is 5.91 Å². The third kappa shape index (κ3) is 5.31.